The molecule has 0 aliphatic heterocycles. The van der Waals surface area contributed by atoms with Crippen LogP contribution in [0.2, 0.25) is 5.15 Å². The number of carbonyl (C=O) groups excluding carboxylic acids is 1. The number of pyridine rings is 1. The number of nitrogens with one attached hydrogen (secondary N) is 1. The SMILES string of the molecule is Cc1cccc2cc(NC=O)c(Cl)nc12. The van der Waals surface area contributed by atoms with Crippen molar-refractivity contribution in [1.82, 2.24) is 4.98 Å². The minimum absolute atomic E-state index is 0.309. The zero-order chi connectivity index (χ0) is 10.8. The molecule has 0 fully saturated rings. The molecule has 15 heavy (non-hydrogen) atoms. The van der Waals surface area contributed by atoms with Crippen LogP contribution in [-0.4, -0.2) is 11.4 Å². The third-order valence-corrected chi connectivity index (χ3v) is 2.50. The largest absolute Gasteiger partial charge is 0.326 e. The van der Waals surface area contributed by atoms with Crippen LogP contribution in [0.1, 0.15) is 5.56 Å². The number of nitrogens with zero attached hydrogens (tertiary/aromatic N) is 1. The summed E-state index contributed by atoms with van der Waals surface area (Å²) in [6.07, 6.45) is 0.588. The van der Waals surface area contributed by atoms with E-state index in [9.17, 15) is 4.79 Å². The molecule has 0 atom stereocenters. The minimum Gasteiger partial charge on any atom is -0.326 e. The lowest BCUT2D eigenvalue weighted by atomic mass is 10.1. The van der Waals surface area contributed by atoms with Crippen LogP contribution in [0.25, 0.3) is 10.9 Å². The molecule has 1 aromatic heterocycles. The standard InChI is InChI=1S/C11H9ClN2O/c1-7-3-2-4-8-5-9(13-6-15)11(12)14-10(7)8/h2-6H,1H3,(H,13,15). The summed E-state index contributed by atoms with van der Waals surface area (Å²) in [5, 5.41) is 3.78. The van der Waals surface area contributed by atoms with Gasteiger partial charge >= 0.3 is 0 Å². The molecule has 0 saturated heterocycles. The van der Waals surface area contributed by atoms with Gasteiger partial charge in [0.25, 0.3) is 0 Å². The van der Waals surface area contributed by atoms with Crippen molar-refractivity contribution in [1.29, 1.82) is 0 Å². The van der Waals surface area contributed by atoms with E-state index in [2.05, 4.69) is 10.3 Å². The molecule has 1 aromatic carbocycles. The van der Waals surface area contributed by atoms with Gasteiger partial charge in [-0.2, -0.15) is 0 Å². The molecule has 0 aliphatic carbocycles. The van der Waals surface area contributed by atoms with Crippen LogP contribution < -0.4 is 5.32 Å². The van der Waals surface area contributed by atoms with Crippen LogP contribution >= 0.6 is 11.6 Å². The van der Waals surface area contributed by atoms with Gasteiger partial charge in [-0.25, -0.2) is 4.98 Å². The molecule has 0 radical (unpaired) electrons. The van der Waals surface area contributed by atoms with Crippen molar-refractivity contribution in [3.63, 3.8) is 0 Å². The Morgan fingerprint density at radius 2 is 2.27 bits per heavy atom. The van der Waals surface area contributed by atoms with E-state index in [1.807, 2.05) is 31.2 Å². The van der Waals surface area contributed by atoms with E-state index in [1.54, 1.807) is 0 Å². The first-order valence-corrected chi connectivity index (χ1v) is 4.86. The summed E-state index contributed by atoms with van der Waals surface area (Å²) in [7, 11) is 0. The van der Waals surface area contributed by atoms with Crippen LogP contribution in [0.15, 0.2) is 24.3 Å². The quantitative estimate of drug-likeness (QED) is 0.625. The second kappa shape index (κ2) is 3.87. The lowest BCUT2D eigenvalue weighted by Crippen LogP contribution is -1.96. The predicted octanol–water partition coefficient (Wildman–Crippen LogP) is 2.76. The average Bonchev–Trinajstić information content (AvgIpc) is 2.21. The Hall–Kier alpha value is -1.61. The highest BCUT2D eigenvalue weighted by Gasteiger charge is 2.05. The van der Waals surface area contributed by atoms with Gasteiger partial charge < -0.3 is 5.32 Å². The normalized spacial score (nSPS) is 10.3. The number of aromatic nitrogens is 1. The molecule has 3 nitrogen and oxygen atoms in total. The molecule has 0 unspecified atom stereocenters. The Bertz CT molecular complexity index is 525. The molecule has 0 saturated carbocycles. The topological polar surface area (TPSA) is 42.0 Å². The Morgan fingerprint density at radius 3 is 3.00 bits per heavy atom. The molecule has 0 aliphatic rings. The highest BCUT2D eigenvalue weighted by molar-refractivity contribution is 6.32. The van der Waals surface area contributed by atoms with Gasteiger partial charge in [-0.1, -0.05) is 29.8 Å². The number of hydrogen-bond donors (Lipinski definition) is 1. The summed E-state index contributed by atoms with van der Waals surface area (Å²) in [5.74, 6) is 0. The highest BCUT2D eigenvalue weighted by atomic mass is 35.5. The van der Waals surface area contributed by atoms with Gasteiger partial charge in [0, 0.05) is 5.39 Å². The van der Waals surface area contributed by atoms with Gasteiger partial charge in [0.05, 0.1) is 11.2 Å². The lowest BCUT2D eigenvalue weighted by molar-refractivity contribution is -0.105. The van der Waals surface area contributed by atoms with Crippen molar-refractivity contribution >= 4 is 34.6 Å². The Balaban J connectivity index is 2.70. The molecule has 2 aromatic rings. The molecule has 4 heteroatoms. The van der Waals surface area contributed by atoms with E-state index in [4.69, 9.17) is 11.6 Å². The second-order valence-electron chi connectivity index (χ2n) is 3.24. The fourth-order valence-electron chi connectivity index (χ4n) is 1.49. The van der Waals surface area contributed by atoms with E-state index >= 15 is 0 Å². The number of aryl methyl sites for hydroxylation is 1. The van der Waals surface area contributed by atoms with Crippen LogP contribution in [0.3, 0.4) is 0 Å². The number of para-hydroxylation sites is 1. The van der Waals surface area contributed by atoms with Crippen LogP contribution in [0.5, 0.6) is 0 Å². The Kier molecular flexibility index (Phi) is 2.56. The number of benzene rings is 1. The van der Waals surface area contributed by atoms with E-state index < -0.39 is 0 Å². The zero-order valence-corrected chi connectivity index (χ0v) is 8.88. The molecule has 1 N–H and O–H groups in total. The molecule has 1 heterocycles. The number of anilines is 1. The van der Waals surface area contributed by atoms with Crippen molar-refractivity contribution < 1.29 is 4.79 Å². The second-order valence-corrected chi connectivity index (χ2v) is 3.59. The third-order valence-electron chi connectivity index (χ3n) is 2.22. The van der Waals surface area contributed by atoms with Gasteiger partial charge in [-0.3, -0.25) is 4.79 Å². The van der Waals surface area contributed by atoms with E-state index in [0.717, 1.165) is 16.5 Å². The van der Waals surface area contributed by atoms with Gasteiger partial charge in [-0.15, -0.1) is 0 Å². The number of rotatable bonds is 2. The van der Waals surface area contributed by atoms with Crippen molar-refractivity contribution in [3.8, 4) is 0 Å². The molecule has 76 valence electrons. The number of halogens is 1. The Labute approximate surface area is 92.1 Å². The van der Waals surface area contributed by atoms with Crippen molar-refractivity contribution in [3.05, 3.63) is 35.0 Å². The van der Waals surface area contributed by atoms with Crippen LogP contribution in [0.4, 0.5) is 5.69 Å². The molecule has 0 bridgehead atoms. The molecule has 2 rings (SSSR count). The maximum Gasteiger partial charge on any atom is 0.211 e. The maximum atomic E-state index is 10.3. The number of hydrogen-bond acceptors (Lipinski definition) is 2. The first-order valence-electron chi connectivity index (χ1n) is 4.48. The molecule has 1 amide bonds. The van der Waals surface area contributed by atoms with Crippen molar-refractivity contribution in [2.75, 3.05) is 5.32 Å². The minimum atomic E-state index is 0.309. The summed E-state index contributed by atoms with van der Waals surface area (Å²) >= 11 is 5.92. The number of carbonyl (C=O) groups is 1. The van der Waals surface area contributed by atoms with Gasteiger partial charge in [0.2, 0.25) is 6.41 Å². The Morgan fingerprint density at radius 1 is 1.47 bits per heavy atom. The third kappa shape index (κ3) is 1.78. The van der Waals surface area contributed by atoms with Crippen molar-refractivity contribution in [2.24, 2.45) is 0 Å². The first kappa shape index (κ1) is 9.93. The predicted molar refractivity (Wildman–Crippen MR) is 61.2 cm³/mol. The smallest absolute Gasteiger partial charge is 0.211 e. The molecule has 0 spiro atoms. The highest BCUT2D eigenvalue weighted by Crippen LogP contribution is 2.25. The van der Waals surface area contributed by atoms with Crippen molar-refractivity contribution in [2.45, 2.75) is 6.92 Å². The van der Waals surface area contributed by atoms with Crippen LogP contribution in [-0.2, 0) is 4.79 Å². The first-order chi connectivity index (χ1) is 7.22. The maximum absolute atomic E-state index is 10.3. The molecular formula is C11H9ClN2O. The van der Waals surface area contributed by atoms with E-state index in [0.29, 0.717) is 17.3 Å². The molecular weight excluding hydrogens is 212 g/mol. The summed E-state index contributed by atoms with van der Waals surface area (Å²) < 4.78 is 0. The van der Waals surface area contributed by atoms with Crippen LogP contribution in [0, 0.1) is 6.92 Å². The summed E-state index contributed by atoms with van der Waals surface area (Å²) in [6, 6.07) is 7.66. The van der Waals surface area contributed by atoms with Gasteiger partial charge in [0.15, 0.2) is 5.15 Å². The fourth-order valence-corrected chi connectivity index (χ4v) is 1.68. The zero-order valence-electron chi connectivity index (χ0n) is 8.12. The van der Waals surface area contributed by atoms with Gasteiger partial charge in [-0.05, 0) is 18.6 Å². The summed E-state index contributed by atoms with van der Waals surface area (Å²) in [4.78, 5) is 14.6. The lowest BCUT2D eigenvalue weighted by Gasteiger charge is -2.05. The number of amides is 1. The average molecular weight is 221 g/mol. The number of fused-ring (bicyclic) bond motifs is 1. The van der Waals surface area contributed by atoms with E-state index in [-0.39, 0.29) is 0 Å². The monoisotopic (exact) mass is 220 g/mol. The summed E-state index contributed by atoms with van der Waals surface area (Å²) in [6.45, 7) is 1.97. The van der Waals surface area contributed by atoms with Gasteiger partial charge in [0.1, 0.15) is 0 Å². The fraction of sp³-hybridized carbons (Fsp3) is 0.0909. The summed E-state index contributed by atoms with van der Waals surface area (Å²) in [5.41, 5.74) is 2.45. The van der Waals surface area contributed by atoms with E-state index in [1.165, 1.54) is 0 Å².